The summed E-state index contributed by atoms with van der Waals surface area (Å²) in [6.45, 7) is 7.80. The van der Waals surface area contributed by atoms with Crippen molar-refractivity contribution in [2.75, 3.05) is 19.6 Å². The molecular weight excluding hydrogens is 312 g/mol. The summed E-state index contributed by atoms with van der Waals surface area (Å²) in [6, 6.07) is 10.8. The van der Waals surface area contributed by atoms with Gasteiger partial charge in [0.1, 0.15) is 0 Å². The molecule has 134 valence electrons. The lowest BCUT2D eigenvalue weighted by molar-refractivity contribution is 0.331. The number of H-pyrrole nitrogens is 1. The molecule has 1 aliphatic heterocycles. The summed E-state index contributed by atoms with van der Waals surface area (Å²) in [5.41, 5.74) is 3.65. The molecular formula is C19H28N6. The van der Waals surface area contributed by atoms with Crippen molar-refractivity contribution >= 4 is 5.96 Å². The quantitative estimate of drug-likeness (QED) is 0.534. The van der Waals surface area contributed by atoms with Crippen molar-refractivity contribution < 1.29 is 0 Å². The minimum absolute atomic E-state index is 0.669. The molecule has 0 aliphatic carbocycles. The first kappa shape index (κ1) is 17.5. The number of nitrogens with zero attached hydrogens (tertiary/aromatic N) is 3. The average molecular weight is 340 g/mol. The van der Waals surface area contributed by atoms with Crippen LogP contribution in [-0.4, -0.2) is 40.7 Å². The van der Waals surface area contributed by atoms with Gasteiger partial charge in [-0.25, -0.2) is 4.99 Å². The minimum Gasteiger partial charge on any atom is -0.357 e. The van der Waals surface area contributed by atoms with Crippen LogP contribution in [0.2, 0.25) is 0 Å². The predicted molar refractivity (Wildman–Crippen MR) is 101 cm³/mol. The number of benzene rings is 1. The highest BCUT2D eigenvalue weighted by Gasteiger charge is 2.11. The summed E-state index contributed by atoms with van der Waals surface area (Å²) < 4.78 is 0. The van der Waals surface area contributed by atoms with Crippen LogP contribution in [0.1, 0.15) is 36.6 Å². The van der Waals surface area contributed by atoms with Crippen molar-refractivity contribution in [3.05, 3.63) is 53.3 Å². The molecule has 3 rings (SSSR count). The number of hydrogen-bond acceptors (Lipinski definition) is 3. The zero-order valence-corrected chi connectivity index (χ0v) is 15.0. The van der Waals surface area contributed by atoms with Gasteiger partial charge in [0, 0.05) is 19.3 Å². The van der Waals surface area contributed by atoms with E-state index in [0.29, 0.717) is 13.1 Å². The molecule has 0 bridgehead atoms. The van der Waals surface area contributed by atoms with E-state index in [-0.39, 0.29) is 0 Å². The maximum absolute atomic E-state index is 4.67. The van der Waals surface area contributed by atoms with Gasteiger partial charge < -0.3 is 10.6 Å². The fourth-order valence-electron chi connectivity index (χ4n) is 3.02. The van der Waals surface area contributed by atoms with Crippen LogP contribution in [-0.2, 0) is 19.6 Å². The molecule has 1 aliphatic rings. The second kappa shape index (κ2) is 9.22. The van der Waals surface area contributed by atoms with E-state index in [9.17, 15) is 0 Å². The Kier molecular flexibility index (Phi) is 6.45. The summed E-state index contributed by atoms with van der Waals surface area (Å²) >= 11 is 0. The molecule has 0 atom stereocenters. The molecule has 1 aromatic carbocycles. The van der Waals surface area contributed by atoms with E-state index in [1.165, 1.54) is 37.1 Å². The molecule has 0 radical (unpaired) electrons. The molecule has 3 N–H and O–H groups in total. The normalized spacial score (nSPS) is 15.5. The maximum atomic E-state index is 4.67. The Bertz CT molecular complexity index is 641. The standard InChI is InChI=1S/C19H28N6/c1-2-20-19(22-14-18-9-10-23-24-18)21-13-16-5-7-17(8-6-16)15-25-11-3-4-12-25/h5-10H,2-4,11-15H2,1H3,(H,23,24)(H2,20,21,22). The van der Waals surface area contributed by atoms with Crippen LogP contribution in [0.15, 0.2) is 41.5 Å². The van der Waals surface area contributed by atoms with E-state index in [1.54, 1.807) is 6.20 Å². The van der Waals surface area contributed by atoms with E-state index in [1.807, 2.05) is 6.07 Å². The number of guanidine groups is 1. The lowest BCUT2D eigenvalue weighted by Crippen LogP contribution is -2.36. The maximum Gasteiger partial charge on any atom is 0.191 e. The lowest BCUT2D eigenvalue weighted by atomic mass is 10.1. The van der Waals surface area contributed by atoms with Crippen LogP contribution in [0, 0.1) is 0 Å². The second-order valence-corrected chi connectivity index (χ2v) is 6.43. The summed E-state index contributed by atoms with van der Waals surface area (Å²) in [5, 5.41) is 13.5. The first-order valence-corrected chi connectivity index (χ1v) is 9.14. The summed E-state index contributed by atoms with van der Waals surface area (Å²) in [4.78, 5) is 7.19. The van der Waals surface area contributed by atoms with Crippen molar-refractivity contribution in [2.24, 2.45) is 4.99 Å². The van der Waals surface area contributed by atoms with Gasteiger partial charge in [-0.1, -0.05) is 24.3 Å². The van der Waals surface area contributed by atoms with Gasteiger partial charge in [-0.05, 0) is 50.0 Å². The van der Waals surface area contributed by atoms with E-state index < -0.39 is 0 Å². The summed E-state index contributed by atoms with van der Waals surface area (Å²) in [7, 11) is 0. The Hall–Kier alpha value is -2.34. The number of hydrogen-bond donors (Lipinski definition) is 3. The van der Waals surface area contributed by atoms with E-state index in [0.717, 1.165) is 24.7 Å². The molecule has 6 heteroatoms. The third-order valence-electron chi connectivity index (χ3n) is 4.40. The number of nitrogens with one attached hydrogen (secondary N) is 3. The van der Waals surface area contributed by atoms with Crippen LogP contribution in [0.4, 0.5) is 0 Å². The van der Waals surface area contributed by atoms with Gasteiger partial charge in [-0.2, -0.15) is 5.10 Å². The highest BCUT2D eigenvalue weighted by molar-refractivity contribution is 5.79. The van der Waals surface area contributed by atoms with E-state index in [4.69, 9.17) is 0 Å². The SMILES string of the molecule is CCNC(=NCc1ccc(CN2CCCC2)cc1)NCc1ccn[nH]1. The van der Waals surface area contributed by atoms with Crippen molar-refractivity contribution in [2.45, 2.75) is 39.4 Å². The third-order valence-corrected chi connectivity index (χ3v) is 4.40. The smallest absolute Gasteiger partial charge is 0.191 e. The topological polar surface area (TPSA) is 68.3 Å². The van der Waals surface area contributed by atoms with Gasteiger partial charge >= 0.3 is 0 Å². The number of aromatic nitrogens is 2. The molecule has 1 saturated heterocycles. The second-order valence-electron chi connectivity index (χ2n) is 6.43. The lowest BCUT2D eigenvalue weighted by Gasteiger charge is -2.14. The Morgan fingerprint density at radius 1 is 1.12 bits per heavy atom. The van der Waals surface area contributed by atoms with Crippen LogP contribution in [0.25, 0.3) is 0 Å². The number of aromatic amines is 1. The zero-order valence-electron chi connectivity index (χ0n) is 15.0. The van der Waals surface area contributed by atoms with Crippen LogP contribution in [0.3, 0.4) is 0 Å². The monoisotopic (exact) mass is 340 g/mol. The van der Waals surface area contributed by atoms with Crippen molar-refractivity contribution in [1.29, 1.82) is 0 Å². The van der Waals surface area contributed by atoms with E-state index in [2.05, 4.69) is 61.9 Å². The average Bonchev–Trinajstić information content (AvgIpc) is 3.32. The molecule has 25 heavy (non-hydrogen) atoms. The molecule has 2 aromatic rings. The molecule has 0 saturated carbocycles. The molecule has 1 aromatic heterocycles. The minimum atomic E-state index is 0.669. The number of likely N-dealkylation sites (tertiary alicyclic amines) is 1. The highest BCUT2D eigenvalue weighted by Crippen LogP contribution is 2.13. The number of rotatable bonds is 7. The van der Waals surface area contributed by atoms with Crippen LogP contribution in [0.5, 0.6) is 0 Å². The first-order chi connectivity index (χ1) is 12.3. The fourth-order valence-corrected chi connectivity index (χ4v) is 3.02. The van der Waals surface area contributed by atoms with Gasteiger partial charge in [0.15, 0.2) is 5.96 Å². The molecule has 0 unspecified atom stereocenters. The molecule has 0 amide bonds. The van der Waals surface area contributed by atoms with Crippen LogP contribution < -0.4 is 10.6 Å². The Labute approximate surface area is 149 Å². The van der Waals surface area contributed by atoms with Crippen LogP contribution >= 0.6 is 0 Å². The van der Waals surface area contributed by atoms with E-state index >= 15 is 0 Å². The van der Waals surface area contributed by atoms with Gasteiger partial charge in [-0.15, -0.1) is 0 Å². The Balaban J connectivity index is 1.52. The summed E-state index contributed by atoms with van der Waals surface area (Å²) in [5.74, 6) is 0.818. The van der Waals surface area contributed by atoms with Crippen molar-refractivity contribution in [3.8, 4) is 0 Å². The van der Waals surface area contributed by atoms with Gasteiger partial charge in [0.05, 0.1) is 18.8 Å². The van der Waals surface area contributed by atoms with Gasteiger partial charge in [0.25, 0.3) is 0 Å². The highest BCUT2D eigenvalue weighted by atomic mass is 15.2. The third kappa shape index (κ3) is 5.60. The molecule has 2 heterocycles. The molecule has 1 fully saturated rings. The van der Waals surface area contributed by atoms with Gasteiger partial charge in [0.2, 0.25) is 0 Å². The van der Waals surface area contributed by atoms with Gasteiger partial charge in [-0.3, -0.25) is 10.00 Å². The summed E-state index contributed by atoms with van der Waals surface area (Å²) in [6.07, 6.45) is 4.43. The number of aliphatic imine (C=N–C) groups is 1. The molecule has 0 spiro atoms. The largest absolute Gasteiger partial charge is 0.357 e. The van der Waals surface area contributed by atoms with Crippen molar-refractivity contribution in [1.82, 2.24) is 25.7 Å². The molecule has 6 nitrogen and oxygen atoms in total. The first-order valence-electron chi connectivity index (χ1n) is 9.14. The Morgan fingerprint density at radius 3 is 2.56 bits per heavy atom. The van der Waals surface area contributed by atoms with Crippen molar-refractivity contribution in [3.63, 3.8) is 0 Å². The predicted octanol–water partition coefficient (Wildman–Crippen LogP) is 2.26. The zero-order chi connectivity index (χ0) is 17.3. The fraction of sp³-hybridized carbons (Fsp3) is 0.474. The Morgan fingerprint density at radius 2 is 1.88 bits per heavy atom.